The quantitative estimate of drug-likeness (QED) is 0.593. The van der Waals surface area contributed by atoms with E-state index in [-0.39, 0.29) is 16.7 Å². The van der Waals surface area contributed by atoms with Gasteiger partial charge in [0.2, 0.25) is 0 Å². The first kappa shape index (κ1) is 12.4. The average Bonchev–Trinajstić information content (AvgIpc) is 2.38. The molecule has 2 rings (SSSR count). The molecule has 2 atom stereocenters. The van der Waals surface area contributed by atoms with E-state index in [1.54, 1.807) is 18.2 Å². The summed E-state index contributed by atoms with van der Waals surface area (Å²) in [5.74, 6) is 0.494. The Morgan fingerprint density at radius 2 is 2.22 bits per heavy atom. The molecule has 5 nitrogen and oxygen atoms in total. The van der Waals surface area contributed by atoms with Gasteiger partial charge >= 0.3 is 0 Å². The van der Waals surface area contributed by atoms with E-state index < -0.39 is 0 Å². The largest absolute Gasteiger partial charge is 0.350 e. The van der Waals surface area contributed by atoms with Gasteiger partial charge in [0.05, 0.1) is 11.0 Å². The number of para-hydroxylation sites is 2. The van der Waals surface area contributed by atoms with Crippen LogP contribution in [0.2, 0.25) is 0 Å². The van der Waals surface area contributed by atoms with Crippen molar-refractivity contribution in [1.29, 1.82) is 5.26 Å². The molecule has 0 spiro atoms. The molecule has 1 aromatic carbocycles. The summed E-state index contributed by atoms with van der Waals surface area (Å²) >= 11 is 0. The molecule has 0 saturated carbocycles. The van der Waals surface area contributed by atoms with Crippen molar-refractivity contribution in [1.82, 2.24) is 0 Å². The standard InChI is InChI=1S/C13H15N3O2/c1-10-6-7-15(11(8-10)9-14)12-4-2-3-5-13(12)16(17)18/h2-5,10-11H,6-8H2,1H3/t10-,11+/m1/s1. The van der Waals surface area contributed by atoms with Crippen molar-refractivity contribution >= 4 is 11.4 Å². The highest BCUT2D eigenvalue weighted by Crippen LogP contribution is 2.33. The highest BCUT2D eigenvalue weighted by molar-refractivity contribution is 5.64. The Bertz CT molecular complexity index is 495. The molecule has 1 aromatic rings. The summed E-state index contributed by atoms with van der Waals surface area (Å²) in [5.41, 5.74) is 0.633. The molecule has 1 fully saturated rings. The summed E-state index contributed by atoms with van der Waals surface area (Å²) < 4.78 is 0. The van der Waals surface area contributed by atoms with Crippen LogP contribution in [0.5, 0.6) is 0 Å². The number of nitro groups is 1. The van der Waals surface area contributed by atoms with Crippen LogP contribution in [0.1, 0.15) is 19.8 Å². The van der Waals surface area contributed by atoms with Gasteiger partial charge in [0.15, 0.2) is 0 Å². The molecule has 1 heterocycles. The fraction of sp³-hybridized carbons (Fsp3) is 0.462. The number of nitrogens with zero attached hydrogens (tertiary/aromatic N) is 3. The molecule has 0 bridgehead atoms. The van der Waals surface area contributed by atoms with Crippen LogP contribution in [-0.4, -0.2) is 17.5 Å². The van der Waals surface area contributed by atoms with Crippen LogP contribution in [0.4, 0.5) is 11.4 Å². The number of nitriles is 1. The highest BCUT2D eigenvalue weighted by Gasteiger charge is 2.30. The van der Waals surface area contributed by atoms with Crippen LogP contribution < -0.4 is 4.90 Å². The molecular formula is C13H15N3O2. The maximum atomic E-state index is 11.0. The monoisotopic (exact) mass is 245 g/mol. The van der Waals surface area contributed by atoms with Gasteiger partial charge < -0.3 is 4.90 Å². The van der Waals surface area contributed by atoms with Crippen LogP contribution >= 0.6 is 0 Å². The first-order valence-electron chi connectivity index (χ1n) is 6.03. The molecule has 94 valence electrons. The zero-order chi connectivity index (χ0) is 13.1. The summed E-state index contributed by atoms with van der Waals surface area (Å²) in [7, 11) is 0. The molecule has 1 saturated heterocycles. The third kappa shape index (κ3) is 2.28. The minimum absolute atomic E-state index is 0.0762. The van der Waals surface area contributed by atoms with Crippen molar-refractivity contribution in [2.24, 2.45) is 5.92 Å². The van der Waals surface area contributed by atoms with Crippen molar-refractivity contribution in [3.8, 4) is 6.07 Å². The Kier molecular flexibility index (Phi) is 3.47. The summed E-state index contributed by atoms with van der Waals surface area (Å²) in [6.45, 7) is 2.81. The second kappa shape index (κ2) is 5.05. The zero-order valence-corrected chi connectivity index (χ0v) is 10.2. The van der Waals surface area contributed by atoms with Crippen molar-refractivity contribution in [2.45, 2.75) is 25.8 Å². The molecule has 0 N–H and O–H groups in total. The van der Waals surface area contributed by atoms with Crippen molar-refractivity contribution in [2.75, 3.05) is 11.4 Å². The van der Waals surface area contributed by atoms with E-state index in [0.29, 0.717) is 18.2 Å². The number of hydrogen-bond donors (Lipinski definition) is 0. The maximum absolute atomic E-state index is 11.0. The van der Waals surface area contributed by atoms with Crippen molar-refractivity contribution < 1.29 is 4.92 Å². The predicted octanol–water partition coefficient (Wildman–Crippen LogP) is 2.72. The van der Waals surface area contributed by atoms with Crippen LogP contribution in [0, 0.1) is 27.4 Å². The lowest BCUT2D eigenvalue weighted by Crippen LogP contribution is -2.41. The molecule has 1 aliphatic heterocycles. The summed E-state index contributed by atoms with van der Waals surface area (Å²) in [6.07, 6.45) is 1.73. The Morgan fingerprint density at radius 3 is 2.89 bits per heavy atom. The van der Waals surface area contributed by atoms with Gasteiger partial charge in [0.1, 0.15) is 11.7 Å². The van der Waals surface area contributed by atoms with E-state index in [1.807, 2.05) is 4.90 Å². The summed E-state index contributed by atoms with van der Waals surface area (Å²) in [4.78, 5) is 12.5. The third-order valence-corrected chi connectivity index (χ3v) is 3.40. The Hall–Kier alpha value is -2.09. The van der Waals surface area contributed by atoms with Crippen molar-refractivity contribution in [3.05, 3.63) is 34.4 Å². The van der Waals surface area contributed by atoms with Gasteiger partial charge in [-0.3, -0.25) is 10.1 Å². The van der Waals surface area contributed by atoms with Crippen LogP contribution in [0.3, 0.4) is 0 Å². The molecule has 0 unspecified atom stereocenters. The number of nitro benzene ring substituents is 1. The van der Waals surface area contributed by atoms with E-state index in [9.17, 15) is 15.4 Å². The van der Waals surface area contributed by atoms with Gasteiger partial charge in [-0.2, -0.15) is 5.26 Å². The smallest absolute Gasteiger partial charge is 0.292 e. The second-order valence-electron chi connectivity index (χ2n) is 4.71. The van der Waals surface area contributed by atoms with Crippen molar-refractivity contribution in [3.63, 3.8) is 0 Å². The molecule has 0 aliphatic carbocycles. The van der Waals surface area contributed by atoms with Gasteiger partial charge in [0, 0.05) is 12.6 Å². The van der Waals surface area contributed by atoms with Gasteiger partial charge in [-0.25, -0.2) is 0 Å². The van der Waals surface area contributed by atoms with E-state index in [0.717, 1.165) is 12.8 Å². The Morgan fingerprint density at radius 1 is 1.50 bits per heavy atom. The zero-order valence-electron chi connectivity index (χ0n) is 10.2. The highest BCUT2D eigenvalue weighted by atomic mass is 16.6. The first-order chi connectivity index (χ1) is 8.63. The number of anilines is 1. The summed E-state index contributed by atoms with van der Waals surface area (Å²) in [6, 6.07) is 8.61. The van der Waals surface area contributed by atoms with E-state index in [4.69, 9.17) is 0 Å². The van der Waals surface area contributed by atoms with E-state index in [2.05, 4.69) is 13.0 Å². The van der Waals surface area contributed by atoms with Crippen LogP contribution in [0.15, 0.2) is 24.3 Å². The minimum Gasteiger partial charge on any atom is -0.350 e. The van der Waals surface area contributed by atoms with E-state index >= 15 is 0 Å². The molecule has 0 radical (unpaired) electrons. The third-order valence-electron chi connectivity index (χ3n) is 3.40. The predicted molar refractivity (Wildman–Crippen MR) is 68.2 cm³/mol. The summed E-state index contributed by atoms with van der Waals surface area (Å²) in [5, 5.41) is 20.2. The SMILES string of the molecule is C[C@@H]1CCN(c2ccccc2[N+](=O)[O-])[C@H](C#N)C1. The van der Waals surface area contributed by atoms with Gasteiger partial charge in [-0.05, 0) is 24.8 Å². The molecular weight excluding hydrogens is 230 g/mol. The lowest BCUT2D eigenvalue weighted by Gasteiger charge is -2.35. The molecule has 18 heavy (non-hydrogen) atoms. The fourth-order valence-electron chi connectivity index (χ4n) is 2.41. The second-order valence-corrected chi connectivity index (χ2v) is 4.71. The fourth-order valence-corrected chi connectivity index (χ4v) is 2.41. The van der Waals surface area contributed by atoms with E-state index in [1.165, 1.54) is 6.07 Å². The lowest BCUT2D eigenvalue weighted by molar-refractivity contribution is -0.384. The number of hydrogen-bond acceptors (Lipinski definition) is 4. The number of benzene rings is 1. The Balaban J connectivity index is 2.36. The normalized spacial score (nSPS) is 23.4. The molecule has 5 heteroatoms. The number of rotatable bonds is 2. The molecule has 0 aromatic heterocycles. The first-order valence-corrected chi connectivity index (χ1v) is 6.03. The maximum Gasteiger partial charge on any atom is 0.292 e. The molecule has 1 aliphatic rings. The van der Waals surface area contributed by atoms with Gasteiger partial charge in [0.25, 0.3) is 5.69 Å². The van der Waals surface area contributed by atoms with Gasteiger partial charge in [-0.15, -0.1) is 0 Å². The molecule has 0 amide bonds. The minimum atomic E-state index is -0.387. The Labute approximate surface area is 106 Å². The number of piperidine rings is 1. The topological polar surface area (TPSA) is 70.2 Å². The van der Waals surface area contributed by atoms with Crippen LogP contribution in [0.25, 0.3) is 0 Å². The lowest BCUT2D eigenvalue weighted by atomic mass is 9.92. The average molecular weight is 245 g/mol. The van der Waals surface area contributed by atoms with Gasteiger partial charge in [-0.1, -0.05) is 19.1 Å². The van der Waals surface area contributed by atoms with Crippen LogP contribution in [-0.2, 0) is 0 Å².